The number of benzene rings is 1. The second kappa shape index (κ2) is 6.33. The topological polar surface area (TPSA) is 84.2 Å². The van der Waals surface area contributed by atoms with Crippen molar-refractivity contribution in [2.75, 3.05) is 11.9 Å². The largest absolute Gasteiger partial charge is 0.352 e. The summed E-state index contributed by atoms with van der Waals surface area (Å²) in [5, 5.41) is 5.48. The number of anilines is 1. The average Bonchev–Trinajstić information content (AvgIpc) is 2.35. The molecule has 0 unspecified atom stereocenters. The van der Waals surface area contributed by atoms with Gasteiger partial charge in [0.05, 0.1) is 5.54 Å². The van der Waals surface area contributed by atoms with E-state index < -0.39 is 5.54 Å². The van der Waals surface area contributed by atoms with Crippen LogP contribution in [0.4, 0.5) is 5.69 Å². The lowest BCUT2D eigenvalue weighted by atomic mass is 10.1. The standard InChI is InChI=1S/C14H21N3O2/c1-4-9-16-12(18)10-5-7-11(8-6-10)17-13(19)14(2,3)15/h5-8H,4,9,15H2,1-3H3,(H,16,18)(H,17,19). The van der Waals surface area contributed by atoms with E-state index in [2.05, 4.69) is 10.6 Å². The predicted molar refractivity (Wildman–Crippen MR) is 76.0 cm³/mol. The van der Waals surface area contributed by atoms with E-state index in [0.717, 1.165) is 6.42 Å². The van der Waals surface area contributed by atoms with Crippen LogP contribution in [0.5, 0.6) is 0 Å². The molecule has 1 rings (SSSR count). The van der Waals surface area contributed by atoms with E-state index in [1.807, 2.05) is 6.92 Å². The molecule has 0 aliphatic rings. The maximum absolute atomic E-state index is 11.7. The molecule has 19 heavy (non-hydrogen) atoms. The summed E-state index contributed by atoms with van der Waals surface area (Å²) in [7, 11) is 0. The monoisotopic (exact) mass is 263 g/mol. The van der Waals surface area contributed by atoms with Crippen LogP contribution >= 0.6 is 0 Å². The Balaban J connectivity index is 2.67. The van der Waals surface area contributed by atoms with Crippen molar-refractivity contribution in [1.82, 2.24) is 5.32 Å². The van der Waals surface area contributed by atoms with Crippen molar-refractivity contribution in [3.05, 3.63) is 29.8 Å². The summed E-state index contributed by atoms with van der Waals surface area (Å²) in [6.45, 7) is 5.91. The van der Waals surface area contributed by atoms with E-state index in [0.29, 0.717) is 17.8 Å². The number of carbonyl (C=O) groups is 2. The molecule has 5 heteroatoms. The van der Waals surface area contributed by atoms with Gasteiger partial charge in [-0.3, -0.25) is 9.59 Å². The number of rotatable bonds is 5. The van der Waals surface area contributed by atoms with Crippen molar-refractivity contribution >= 4 is 17.5 Å². The lowest BCUT2D eigenvalue weighted by Gasteiger charge is -2.17. The maximum atomic E-state index is 11.7. The average molecular weight is 263 g/mol. The van der Waals surface area contributed by atoms with E-state index in [9.17, 15) is 9.59 Å². The van der Waals surface area contributed by atoms with Crippen LogP contribution in [0.15, 0.2) is 24.3 Å². The van der Waals surface area contributed by atoms with Crippen LogP contribution < -0.4 is 16.4 Å². The normalized spacial score (nSPS) is 10.9. The summed E-state index contributed by atoms with van der Waals surface area (Å²) in [5.41, 5.74) is 5.94. The first-order chi connectivity index (χ1) is 8.84. The first-order valence-electron chi connectivity index (χ1n) is 6.33. The Morgan fingerprint density at radius 3 is 2.26 bits per heavy atom. The Morgan fingerprint density at radius 2 is 1.79 bits per heavy atom. The van der Waals surface area contributed by atoms with Gasteiger partial charge in [0.2, 0.25) is 5.91 Å². The Hall–Kier alpha value is -1.88. The third-order valence-corrected chi connectivity index (χ3v) is 2.53. The molecule has 0 aromatic heterocycles. The summed E-state index contributed by atoms with van der Waals surface area (Å²) in [6.07, 6.45) is 0.894. The van der Waals surface area contributed by atoms with E-state index in [4.69, 9.17) is 5.73 Å². The van der Waals surface area contributed by atoms with Crippen molar-refractivity contribution in [2.45, 2.75) is 32.7 Å². The molecule has 0 saturated carbocycles. The predicted octanol–water partition coefficient (Wildman–Crippen LogP) is 1.50. The highest BCUT2D eigenvalue weighted by molar-refractivity contribution is 5.98. The van der Waals surface area contributed by atoms with Gasteiger partial charge in [-0.05, 0) is 44.5 Å². The maximum Gasteiger partial charge on any atom is 0.251 e. The summed E-state index contributed by atoms with van der Waals surface area (Å²) in [6, 6.07) is 6.71. The quantitative estimate of drug-likeness (QED) is 0.752. The Labute approximate surface area is 113 Å². The minimum Gasteiger partial charge on any atom is -0.352 e. The highest BCUT2D eigenvalue weighted by atomic mass is 16.2. The van der Waals surface area contributed by atoms with Gasteiger partial charge >= 0.3 is 0 Å². The Bertz CT molecular complexity index is 447. The minimum atomic E-state index is -0.933. The number of nitrogens with one attached hydrogen (secondary N) is 2. The van der Waals surface area contributed by atoms with E-state index in [1.165, 1.54) is 0 Å². The van der Waals surface area contributed by atoms with Crippen LogP contribution in [0.1, 0.15) is 37.6 Å². The highest BCUT2D eigenvalue weighted by Crippen LogP contribution is 2.11. The van der Waals surface area contributed by atoms with Crippen molar-refractivity contribution in [3.63, 3.8) is 0 Å². The van der Waals surface area contributed by atoms with Gasteiger partial charge in [-0.25, -0.2) is 0 Å². The molecule has 0 aliphatic carbocycles. The Kier molecular flexibility index (Phi) is 5.06. The van der Waals surface area contributed by atoms with Crippen LogP contribution in [0.2, 0.25) is 0 Å². The van der Waals surface area contributed by atoms with Crippen LogP contribution in [0.25, 0.3) is 0 Å². The van der Waals surface area contributed by atoms with Crippen molar-refractivity contribution < 1.29 is 9.59 Å². The highest BCUT2D eigenvalue weighted by Gasteiger charge is 2.21. The molecule has 1 aromatic rings. The molecule has 0 radical (unpaired) electrons. The number of amides is 2. The van der Waals surface area contributed by atoms with Gasteiger partial charge < -0.3 is 16.4 Å². The van der Waals surface area contributed by atoms with Crippen LogP contribution in [-0.4, -0.2) is 23.9 Å². The van der Waals surface area contributed by atoms with E-state index in [1.54, 1.807) is 38.1 Å². The van der Waals surface area contributed by atoms with Crippen molar-refractivity contribution in [3.8, 4) is 0 Å². The molecule has 0 saturated heterocycles. The summed E-state index contributed by atoms with van der Waals surface area (Å²) >= 11 is 0. The molecule has 1 aromatic carbocycles. The van der Waals surface area contributed by atoms with E-state index >= 15 is 0 Å². The number of hydrogen-bond donors (Lipinski definition) is 3. The molecule has 0 aliphatic heterocycles. The molecule has 0 heterocycles. The van der Waals surface area contributed by atoms with Gasteiger partial charge in [0.25, 0.3) is 5.91 Å². The molecule has 4 N–H and O–H groups in total. The molecular weight excluding hydrogens is 242 g/mol. The van der Waals surface area contributed by atoms with Gasteiger partial charge in [-0.15, -0.1) is 0 Å². The fraction of sp³-hybridized carbons (Fsp3) is 0.429. The molecule has 0 spiro atoms. The minimum absolute atomic E-state index is 0.112. The first-order valence-corrected chi connectivity index (χ1v) is 6.33. The second-order valence-corrected chi connectivity index (χ2v) is 5.01. The van der Waals surface area contributed by atoms with Crippen LogP contribution in [-0.2, 0) is 4.79 Å². The molecule has 2 amide bonds. The first kappa shape index (κ1) is 15.2. The number of carbonyl (C=O) groups excluding carboxylic acids is 2. The zero-order valence-corrected chi connectivity index (χ0v) is 11.6. The second-order valence-electron chi connectivity index (χ2n) is 5.01. The zero-order valence-electron chi connectivity index (χ0n) is 11.6. The van der Waals surface area contributed by atoms with E-state index in [-0.39, 0.29) is 11.8 Å². The SMILES string of the molecule is CCCNC(=O)c1ccc(NC(=O)C(C)(C)N)cc1. The molecular formula is C14H21N3O2. The van der Waals surface area contributed by atoms with Gasteiger partial charge in [0.15, 0.2) is 0 Å². The van der Waals surface area contributed by atoms with Crippen molar-refractivity contribution in [1.29, 1.82) is 0 Å². The lowest BCUT2D eigenvalue weighted by molar-refractivity contribution is -0.120. The molecule has 104 valence electrons. The molecule has 0 bridgehead atoms. The summed E-state index contributed by atoms with van der Waals surface area (Å²) in [4.78, 5) is 23.4. The van der Waals surface area contributed by atoms with Gasteiger partial charge in [0.1, 0.15) is 0 Å². The number of hydrogen-bond acceptors (Lipinski definition) is 3. The Morgan fingerprint density at radius 1 is 1.21 bits per heavy atom. The van der Waals surface area contributed by atoms with Gasteiger partial charge in [0, 0.05) is 17.8 Å². The zero-order chi connectivity index (χ0) is 14.5. The van der Waals surface area contributed by atoms with Crippen molar-refractivity contribution in [2.24, 2.45) is 5.73 Å². The molecule has 5 nitrogen and oxygen atoms in total. The molecule has 0 atom stereocenters. The number of nitrogens with two attached hydrogens (primary N) is 1. The van der Waals surface area contributed by atoms with Crippen LogP contribution in [0, 0.1) is 0 Å². The fourth-order valence-corrected chi connectivity index (χ4v) is 1.34. The third kappa shape index (κ3) is 4.71. The summed E-state index contributed by atoms with van der Waals surface area (Å²) in [5.74, 6) is -0.380. The smallest absolute Gasteiger partial charge is 0.251 e. The lowest BCUT2D eigenvalue weighted by Crippen LogP contribution is -2.45. The molecule has 0 fully saturated rings. The van der Waals surface area contributed by atoms with Gasteiger partial charge in [-0.2, -0.15) is 0 Å². The third-order valence-electron chi connectivity index (χ3n) is 2.53. The van der Waals surface area contributed by atoms with Gasteiger partial charge in [-0.1, -0.05) is 6.92 Å². The summed E-state index contributed by atoms with van der Waals surface area (Å²) < 4.78 is 0. The van der Waals surface area contributed by atoms with Crippen LogP contribution in [0.3, 0.4) is 0 Å². The fourth-order valence-electron chi connectivity index (χ4n) is 1.34.